The predicted octanol–water partition coefficient (Wildman–Crippen LogP) is 3.13. The Morgan fingerprint density at radius 2 is 1.78 bits per heavy atom. The average Bonchev–Trinajstić information content (AvgIpc) is 2.64. The Labute approximate surface area is 157 Å². The van der Waals surface area contributed by atoms with Gasteiger partial charge in [0.15, 0.2) is 0 Å². The maximum atomic E-state index is 14.4. The zero-order valence-corrected chi connectivity index (χ0v) is 15.3. The lowest BCUT2D eigenvalue weighted by Gasteiger charge is -2.43. The fraction of sp³-hybridized carbons (Fsp3) is 0.381. The van der Waals surface area contributed by atoms with Crippen molar-refractivity contribution in [2.75, 3.05) is 19.6 Å². The molecule has 2 aromatic carbocycles. The van der Waals surface area contributed by atoms with Crippen LogP contribution in [0.1, 0.15) is 37.0 Å². The number of aliphatic hydroxyl groups is 1. The SMILES string of the molecule is CC(=O)NC1(c2ccccc2F)CCN(C[C@H](O)c2ccc(F)cc2)CC1. The van der Waals surface area contributed by atoms with E-state index in [0.717, 1.165) is 0 Å². The van der Waals surface area contributed by atoms with Crippen LogP contribution in [0.4, 0.5) is 8.78 Å². The van der Waals surface area contributed by atoms with E-state index in [4.69, 9.17) is 0 Å². The highest BCUT2D eigenvalue weighted by molar-refractivity contribution is 5.74. The number of amides is 1. The van der Waals surface area contributed by atoms with Crippen molar-refractivity contribution < 1.29 is 18.7 Å². The lowest BCUT2D eigenvalue weighted by Crippen LogP contribution is -2.53. The van der Waals surface area contributed by atoms with Gasteiger partial charge >= 0.3 is 0 Å². The largest absolute Gasteiger partial charge is 0.387 e. The number of nitrogens with one attached hydrogen (secondary N) is 1. The number of hydrogen-bond donors (Lipinski definition) is 2. The number of carbonyl (C=O) groups is 1. The topological polar surface area (TPSA) is 52.6 Å². The van der Waals surface area contributed by atoms with Crippen LogP contribution in [0.25, 0.3) is 0 Å². The number of carbonyl (C=O) groups excluding carboxylic acids is 1. The number of likely N-dealkylation sites (tertiary alicyclic amines) is 1. The molecule has 0 aromatic heterocycles. The molecule has 0 unspecified atom stereocenters. The maximum Gasteiger partial charge on any atom is 0.217 e. The third kappa shape index (κ3) is 4.51. The Hall–Kier alpha value is -2.31. The fourth-order valence-corrected chi connectivity index (χ4v) is 3.80. The summed E-state index contributed by atoms with van der Waals surface area (Å²) in [6.07, 6.45) is 0.361. The van der Waals surface area contributed by atoms with Crippen molar-refractivity contribution in [3.8, 4) is 0 Å². The molecule has 1 aliphatic rings. The molecule has 6 heteroatoms. The Bertz CT molecular complexity index is 787. The van der Waals surface area contributed by atoms with Gasteiger partial charge in [-0.1, -0.05) is 30.3 Å². The molecule has 1 atom stereocenters. The quantitative estimate of drug-likeness (QED) is 0.846. The van der Waals surface area contributed by atoms with Crippen LogP contribution >= 0.6 is 0 Å². The second-order valence-electron chi connectivity index (χ2n) is 7.11. The number of β-amino-alcohol motifs (C(OH)–C–C–N with tert-alkyl or cyclic N) is 1. The Morgan fingerprint density at radius 1 is 1.15 bits per heavy atom. The van der Waals surface area contributed by atoms with Crippen molar-refractivity contribution in [1.29, 1.82) is 0 Å². The molecule has 3 rings (SSSR count). The standard InChI is InChI=1S/C21H24F2N2O2/c1-15(26)24-21(18-4-2-3-5-19(18)23)10-12-25(13-11-21)14-20(27)16-6-8-17(22)9-7-16/h2-9,20,27H,10-14H2,1H3,(H,24,26)/t20-/m0/s1. The van der Waals surface area contributed by atoms with Gasteiger partial charge in [0.1, 0.15) is 11.6 Å². The van der Waals surface area contributed by atoms with E-state index >= 15 is 0 Å². The first-order valence-corrected chi connectivity index (χ1v) is 9.09. The summed E-state index contributed by atoms with van der Waals surface area (Å²) in [6.45, 7) is 3.05. The summed E-state index contributed by atoms with van der Waals surface area (Å²) in [7, 11) is 0. The molecule has 1 aliphatic heterocycles. The Morgan fingerprint density at radius 3 is 2.37 bits per heavy atom. The van der Waals surface area contributed by atoms with E-state index in [2.05, 4.69) is 10.2 Å². The first-order chi connectivity index (χ1) is 12.9. The van der Waals surface area contributed by atoms with Crippen molar-refractivity contribution in [2.24, 2.45) is 0 Å². The summed E-state index contributed by atoms with van der Waals surface area (Å²) >= 11 is 0. The highest BCUT2D eigenvalue weighted by Gasteiger charge is 2.39. The van der Waals surface area contributed by atoms with Crippen LogP contribution in [0.2, 0.25) is 0 Å². The van der Waals surface area contributed by atoms with Crippen molar-refractivity contribution in [3.05, 3.63) is 71.3 Å². The number of nitrogens with zero attached hydrogens (tertiary/aromatic N) is 1. The fourth-order valence-electron chi connectivity index (χ4n) is 3.80. The normalized spacial score (nSPS) is 18.1. The number of benzene rings is 2. The van der Waals surface area contributed by atoms with Gasteiger partial charge < -0.3 is 15.3 Å². The summed E-state index contributed by atoms with van der Waals surface area (Å²) < 4.78 is 27.4. The summed E-state index contributed by atoms with van der Waals surface area (Å²) in [4.78, 5) is 13.8. The molecule has 4 nitrogen and oxygen atoms in total. The van der Waals surface area contributed by atoms with Crippen molar-refractivity contribution in [2.45, 2.75) is 31.4 Å². The van der Waals surface area contributed by atoms with Crippen molar-refractivity contribution in [1.82, 2.24) is 10.2 Å². The molecule has 2 N–H and O–H groups in total. The lowest BCUT2D eigenvalue weighted by molar-refractivity contribution is -0.121. The molecule has 1 fully saturated rings. The minimum Gasteiger partial charge on any atom is -0.387 e. The summed E-state index contributed by atoms with van der Waals surface area (Å²) in [5.41, 5.74) is 0.414. The zero-order chi connectivity index (χ0) is 19.4. The van der Waals surface area contributed by atoms with Crippen molar-refractivity contribution >= 4 is 5.91 Å². The van der Waals surface area contributed by atoms with E-state index < -0.39 is 11.6 Å². The molecule has 1 amide bonds. The van der Waals surface area contributed by atoms with E-state index in [1.807, 2.05) is 0 Å². The third-order valence-corrected chi connectivity index (χ3v) is 5.20. The monoisotopic (exact) mass is 374 g/mol. The number of hydrogen-bond acceptors (Lipinski definition) is 3. The van der Waals surface area contributed by atoms with Gasteiger partial charge in [0.2, 0.25) is 5.91 Å². The zero-order valence-electron chi connectivity index (χ0n) is 15.3. The molecule has 0 saturated carbocycles. The van der Waals surface area contributed by atoms with Gasteiger partial charge in [-0.3, -0.25) is 4.79 Å². The summed E-state index contributed by atoms with van der Waals surface area (Å²) in [5, 5.41) is 13.4. The first-order valence-electron chi connectivity index (χ1n) is 9.09. The molecular weight excluding hydrogens is 350 g/mol. The van der Waals surface area contributed by atoms with E-state index in [-0.39, 0.29) is 17.5 Å². The summed E-state index contributed by atoms with van der Waals surface area (Å²) in [5.74, 6) is -0.863. The predicted molar refractivity (Wildman–Crippen MR) is 98.9 cm³/mol. The minimum atomic E-state index is -0.742. The highest BCUT2D eigenvalue weighted by atomic mass is 19.1. The van der Waals surface area contributed by atoms with Gasteiger partial charge in [-0.2, -0.15) is 0 Å². The third-order valence-electron chi connectivity index (χ3n) is 5.20. The first kappa shape index (κ1) is 19.5. The van der Waals surface area contributed by atoms with Crippen LogP contribution < -0.4 is 5.32 Å². The van der Waals surface area contributed by atoms with E-state index in [0.29, 0.717) is 43.6 Å². The molecule has 0 spiro atoms. The van der Waals surface area contributed by atoms with Gasteiger partial charge in [0.05, 0.1) is 11.6 Å². The molecule has 0 bridgehead atoms. The smallest absolute Gasteiger partial charge is 0.217 e. The maximum absolute atomic E-state index is 14.4. The number of rotatable bonds is 5. The van der Waals surface area contributed by atoms with Crippen LogP contribution in [-0.4, -0.2) is 35.5 Å². The van der Waals surface area contributed by atoms with E-state index in [9.17, 15) is 18.7 Å². The molecule has 144 valence electrons. The minimum absolute atomic E-state index is 0.196. The van der Waals surface area contributed by atoms with Gasteiger partial charge in [-0.25, -0.2) is 8.78 Å². The van der Waals surface area contributed by atoms with E-state index in [1.54, 1.807) is 30.3 Å². The number of halogens is 2. The number of piperidine rings is 1. The molecule has 0 aliphatic carbocycles. The van der Waals surface area contributed by atoms with Crippen LogP contribution in [0.5, 0.6) is 0 Å². The number of aliphatic hydroxyl groups excluding tert-OH is 1. The van der Waals surface area contributed by atoms with Crippen LogP contribution in [0.15, 0.2) is 48.5 Å². The summed E-state index contributed by atoms with van der Waals surface area (Å²) in [6, 6.07) is 12.3. The Balaban J connectivity index is 1.70. The second-order valence-corrected chi connectivity index (χ2v) is 7.11. The molecule has 1 saturated heterocycles. The lowest BCUT2D eigenvalue weighted by atomic mass is 9.80. The Kier molecular flexibility index (Phi) is 5.87. The van der Waals surface area contributed by atoms with Crippen molar-refractivity contribution in [3.63, 3.8) is 0 Å². The average molecular weight is 374 g/mol. The molecule has 1 heterocycles. The van der Waals surface area contributed by atoms with Gasteiger partial charge in [0.25, 0.3) is 0 Å². The van der Waals surface area contributed by atoms with Gasteiger partial charge in [-0.15, -0.1) is 0 Å². The van der Waals surface area contributed by atoms with Crippen LogP contribution in [-0.2, 0) is 10.3 Å². The van der Waals surface area contributed by atoms with Crippen LogP contribution in [0.3, 0.4) is 0 Å². The molecular formula is C21H24F2N2O2. The van der Waals surface area contributed by atoms with Gasteiger partial charge in [0, 0.05) is 32.1 Å². The second kappa shape index (κ2) is 8.15. The highest BCUT2D eigenvalue weighted by Crippen LogP contribution is 2.35. The molecule has 0 radical (unpaired) electrons. The molecule has 2 aromatic rings. The van der Waals surface area contributed by atoms with Gasteiger partial charge in [-0.05, 0) is 36.6 Å². The van der Waals surface area contributed by atoms with Crippen LogP contribution in [0, 0.1) is 11.6 Å². The molecule has 27 heavy (non-hydrogen) atoms. The van der Waals surface area contributed by atoms with E-state index in [1.165, 1.54) is 25.1 Å².